The summed E-state index contributed by atoms with van der Waals surface area (Å²) < 4.78 is 19.3. The summed E-state index contributed by atoms with van der Waals surface area (Å²) in [6.07, 6.45) is 0. The lowest BCUT2D eigenvalue weighted by atomic mass is 9.94. The summed E-state index contributed by atoms with van der Waals surface area (Å²) in [7, 11) is 1.38. The molecule has 0 radical (unpaired) electrons. The summed E-state index contributed by atoms with van der Waals surface area (Å²) in [5, 5.41) is 11.2. The van der Waals surface area contributed by atoms with Crippen LogP contribution in [-0.4, -0.2) is 23.9 Å². The summed E-state index contributed by atoms with van der Waals surface area (Å²) in [5.41, 5.74) is 2.93. The lowest BCUT2D eigenvalue weighted by Gasteiger charge is -2.26. The number of benzene rings is 3. The lowest BCUT2D eigenvalue weighted by Crippen LogP contribution is -2.29. The van der Waals surface area contributed by atoms with Crippen molar-refractivity contribution in [3.8, 4) is 5.75 Å². The highest BCUT2D eigenvalue weighted by Gasteiger charge is 2.47. The van der Waals surface area contributed by atoms with Crippen LogP contribution in [0.4, 0.5) is 10.1 Å². The van der Waals surface area contributed by atoms with Crippen LogP contribution in [0.3, 0.4) is 0 Å². The highest BCUT2D eigenvalue weighted by Crippen LogP contribution is 2.43. The monoisotopic (exact) mass is 431 g/mol. The van der Waals surface area contributed by atoms with E-state index in [4.69, 9.17) is 4.74 Å². The first kappa shape index (κ1) is 21.3. The maximum Gasteiger partial charge on any atom is 0.300 e. The van der Waals surface area contributed by atoms with E-state index in [0.29, 0.717) is 11.3 Å². The Hall–Kier alpha value is -3.93. The predicted molar refractivity (Wildman–Crippen MR) is 120 cm³/mol. The van der Waals surface area contributed by atoms with Gasteiger partial charge < -0.3 is 9.84 Å². The Morgan fingerprint density at radius 2 is 1.62 bits per heavy atom. The van der Waals surface area contributed by atoms with E-state index in [1.807, 2.05) is 38.1 Å². The molecule has 162 valence electrons. The molecule has 0 aromatic heterocycles. The normalized spacial score (nSPS) is 17.6. The number of carbonyl (C=O) groups is 2. The molecule has 0 saturated carbocycles. The zero-order valence-corrected chi connectivity index (χ0v) is 17.9. The number of aryl methyl sites for hydroxylation is 2. The van der Waals surface area contributed by atoms with Crippen LogP contribution in [-0.2, 0) is 9.59 Å². The van der Waals surface area contributed by atoms with Gasteiger partial charge in [-0.05, 0) is 60.9 Å². The van der Waals surface area contributed by atoms with Crippen LogP contribution in [0.25, 0.3) is 5.76 Å². The molecule has 1 heterocycles. The molecular weight excluding hydrogens is 409 g/mol. The number of hydrogen-bond acceptors (Lipinski definition) is 4. The van der Waals surface area contributed by atoms with Crippen molar-refractivity contribution in [2.24, 2.45) is 0 Å². The second-order valence-electron chi connectivity index (χ2n) is 7.77. The molecule has 0 aliphatic carbocycles. The molecule has 6 heteroatoms. The molecule has 1 N–H and O–H groups in total. The number of ether oxygens (including phenoxy) is 1. The van der Waals surface area contributed by atoms with E-state index in [2.05, 4.69) is 0 Å². The number of anilines is 1. The van der Waals surface area contributed by atoms with Crippen molar-refractivity contribution in [2.75, 3.05) is 12.0 Å². The summed E-state index contributed by atoms with van der Waals surface area (Å²) in [5.74, 6) is -2.51. The van der Waals surface area contributed by atoms with Gasteiger partial charge in [-0.25, -0.2) is 4.39 Å². The van der Waals surface area contributed by atoms with Crippen LogP contribution in [0.2, 0.25) is 0 Å². The molecule has 1 atom stereocenters. The Balaban J connectivity index is 2.00. The Labute approximate surface area is 185 Å². The van der Waals surface area contributed by atoms with Gasteiger partial charge in [0.25, 0.3) is 11.7 Å². The lowest BCUT2D eigenvalue weighted by molar-refractivity contribution is -0.132. The molecule has 32 heavy (non-hydrogen) atoms. The molecule has 1 fully saturated rings. The van der Waals surface area contributed by atoms with Gasteiger partial charge in [0.05, 0.1) is 24.3 Å². The van der Waals surface area contributed by atoms with E-state index in [1.54, 1.807) is 24.3 Å². The Kier molecular flexibility index (Phi) is 5.53. The van der Waals surface area contributed by atoms with Gasteiger partial charge in [0.2, 0.25) is 0 Å². The fourth-order valence-electron chi connectivity index (χ4n) is 4.15. The molecule has 3 aromatic carbocycles. The van der Waals surface area contributed by atoms with Gasteiger partial charge in [0.1, 0.15) is 17.3 Å². The van der Waals surface area contributed by atoms with E-state index in [0.717, 1.165) is 17.2 Å². The number of amides is 1. The van der Waals surface area contributed by atoms with Crippen molar-refractivity contribution in [3.63, 3.8) is 0 Å². The number of carbonyl (C=O) groups excluding carboxylic acids is 2. The average Bonchev–Trinajstić information content (AvgIpc) is 3.04. The van der Waals surface area contributed by atoms with Crippen molar-refractivity contribution >= 4 is 23.1 Å². The zero-order valence-electron chi connectivity index (χ0n) is 17.9. The van der Waals surface area contributed by atoms with E-state index >= 15 is 0 Å². The highest BCUT2D eigenvalue weighted by molar-refractivity contribution is 6.51. The second-order valence-corrected chi connectivity index (χ2v) is 7.77. The van der Waals surface area contributed by atoms with E-state index in [1.165, 1.54) is 24.1 Å². The number of ketones is 1. The number of halogens is 1. The third-order valence-corrected chi connectivity index (χ3v) is 5.46. The SMILES string of the molecule is COc1ccc(F)cc1/C(O)=C1\C(=O)C(=O)N(c2cc(C)cc(C)c2)C1c1ccccc1. The first-order valence-electron chi connectivity index (χ1n) is 10.1. The number of hydrogen-bond donors (Lipinski definition) is 1. The first-order chi connectivity index (χ1) is 15.3. The largest absolute Gasteiger partial charge is 0.507 e. The minimum absolute atomic E-state index is 0.00635. The highest BCUT2D eigenvalue weighted by atomic mass is 19.1. The van der Waals surface area contributed by atoms with Gasteiger partial charge in [-0.3, -0.25) is 14.5 Å². The van der Waals surface area contributed by atoms with Gasteiger partial charge in [-0.1, -0.05) is 36.4 Å². The third kappa shape index (κ3) is 3.64. The molecule has 3 aromatic rings. The minimum Gasteiger partial charge on any atom is -0.507 e. The van der Waals surface area contributed by atoms with Crippen molar-refractivity contribution in [2.45, 2.75) is 19.9 Å². The molecule has 1 aliphatic heterocycles. The number of nitrogens with zero attached hydrogens (tertiary/aromatic N) is 1. The van der Waals surface area contributed by atoms with Crippen LogP contribution in [0.5, 0.6) is 5.75 Å². The number of rotatable bonds is 4. The molecule has 5 nitrogen and oxygen atoms in total. The quantitative estimate of drug-likeness (QED) is 0.356. The number of aliphatic hydroxyl groups excluding tert-OH is 1. The molecular formula is C26H22FNO4. The molecule has 0 spiro atoms. The summed E-state index contributed by atoms with van der Waals surface area (Å²) in [4.78, 5) is 27.8. The maximum atomic E-state index is 14.0. The number of methoxy groups -OCH3 is 1. The van der Waals surface area contributed by atoms with Gasteiger partial charge >= 0.3 is 0 Å². The summed E-state index contributed by atoms with van der Waals surface area (Å²) in [6.45, 7) is 3.81. The fourth-order valence-corrected chi connectivity index (χ4v) is 4.15. The Morgan fingerprint density at radius 1 is 0.969 bits per heavy atom. The Bertz CT molecular complexity index is 1230. The zero-order chi connectivity index (χ0) is 23.0. The molecule has 4 rings (SSSR count). The van der Waals surface area contributed by atoms with E-state index in [-0.39, 0.29) is 16.9 Å². The summed E-state index contributed by atoms with van der Waals surface area (Å²) in [6, 6.07) is 17.3. The molecule has 1 saturated heterocycles. The van der Waals surface area contributed by atoms with Crippen LogP contribution >= 0.6 is 0 Å². The number of aliphatic hydroxyl groups is 1. The van der Waals surface area contributed by atoms with Crippen molar-refractivity contribution in [1.82, 2.24) is 0 Å². The van der Waals surface area contributed by atoms with Gasteiger partial charge in [0, 0.05) is 5.69 Å². The predicted octanol–water partition coefficient (Wildman–Crippen LogP) is 5.08. The molecule has 1 unspecified atom stereocenters. The Morgan fingerprint density at radius 3 is 2.25 bits per heavy atom. The maximum absolute atomic E-state index is 14.0. The first-order valence-corrected chi connectivity index (χ1v) is 10.1. The van der Waals surface area contributed by atoms with E-state index in [9.17, 15) is 19.1 Å². The van der Waals surface area contributed by atoms with Crippen molar-refractivity contribution in [3.05, 3.63) is 100 Å². The fraction of sp³-hybridized carbons (Fsp3) is 0.154. The van der Waals surface area contributed by atoms with Crippen LogP contribution in [0.1, 0.15) is 28.3 Å². The van der Waals surface area contributed by atoms with Gasteiger partial charge in [-0.15, -0.1) is 0 Å². The number of Topliss-reactive ketones (excluding diaryl/α,β-unsaturated/α-hetero) is 1. The van der Waals surface area contributed by atoms with Crippen molar-refractivity contribution < 1.29 is 23.8 Å². The minimum atomic E-state index is -0.884. The smallest absolute Gasteiger partial charge is 0.300 e. The molecule has 1 amide bonds. The van der Waals surface area contributed by atoms with Gasteiger partial charge in [-0.2, -0.15) is 0 Å². The average molecular weight is 431 g/mol. The summed E-state index contributed by atoms with van der Waals surface area (Å²) >= 11 is 0. The topological polar surface area (TPSA) is 66.8 Å². The van der Waals surface area contributed by atoms with Gasteiger partial charge in [0.15, 0.2) is 0 Å². The molecule has 0 bridgehead atoms. The standard InChI is InChI=1S/C26H22FNO4/c1-15-11-16(2)13-19(12-15)28-23(17-7-5-4-6-8-17)22(25(30)26(28)31)24(29)20-14-18(27)9-10-21(20)32-3/h4-14,23,29H,1-3H3/b24-22+. The second kappa shape index (κ2) is 8.30. The third-order valence-electron chi connectivity index (χ3n) is 5.46. The van der Waals surface area contributed by atoms with Crippen LogP contribution in [0, 0.1) is 19.7 Å². The van der Waals surface area contributed by atoms with Crippen molar-refractivity contribution in [1.29, 1.82) is 0 Å². The van der Waals surface area contributed by atoms with Crippen LogP contribution in [0.15, 0.2) is 72.3 Å². The molecule has 1 aliphatic rings. The van der Waals surface area contributed by atoms with Crippen LogP contribution < -0.4 is 9.64 Å². The van der Waals surface area contributed by atoms with E-state index < -0.39 is 29.3 Å².